The maximum atomic E-state index is 11.9. The molecule has 0 spiro atoms. The lowest BCUT2D eigenvalue weighted by molar-refractivity contribution is -0.116. The van der Waals surface area contributed by atoms with Gasteiger partial charge in [-0.1, -0.05) is 30.3 Å². The highest BCUT2D eigenvalue weighted by Gasteiger charge is 2.06. The van der Waals surface area contributed by atoms with Crippen LogP contribution in [-0.4, -0.2) is 19.5 Å². The fraction of sp³-hybridized carbons (Fsp3) is 0.316. The summed E-state index contributed by atoms with van der Waals surface area (Å²) in [5.41, 5.74) is 2.97. The van der Waals surface area contributed by atoms with Crippen molar-refractivity contribution in [3.05, 3.63) is 59.7 Å². The molecule has 2 rings (SSSR count). The molecule has 2 aromatic rings. The van der Waals surface area contributed by atoms with E-state index in [0.29, 0.717) is 13.0 Å². The minimum absolute atomic E-state index is 0.0429. The molecule has 2 aromatic carbocycles. The second kappa shape index (κ2) is 8.96. The number of hydrogen-bond donors (Lipinski definition) is 2. The zero-order valence-electron chi connectivity index (χ0n) is 13.8. The Kier molecular flexibility index (Phi) is 6.63. The smallest absolute Gasteiger partial charge is 0.224 e. The summed E-state index contributed by atoms with van der Waals surface area (Å²) < 4.78 is 5.79. The van der Waals surface area contributed by atoms with Crippen molar-refractivity contribution in [3.63, 3.8) is 0 Å². The van der Waals surface area contributed by atoms with E-state index in [-0.39, 0.29) is 5.91 Å². The number of aryl methyl sites for hydroxylation is 1. The van der Waals surface area contributed by atoms with Gasteiger partial charge < -0.3 is 15.4 Å². The molecule has 0 atom stereocenters. The minimum Gasteiger partial charge on any atom is -0.489 e. The van der Waals surface area contributed by atoms with Gasteiger partial charge in [-0.05, 0) is 56.3 Å². The van der Waals surface area contributed by atoms with Crippen LogP contribution in [0.2, 0.25) is 0 Å². The van der Waals surface area contributed by atoms with Crippen molar-refractivity contribution in [2.45, 2.75) is 26.4 Å². The van der Waals surface area contributed by atoms with Crippen LogP contribution in [0.1, 0.15) is 24.0 Å². The Morgan fingerprint density at radius 1 is 1.13 bits per heavy atom. The molecule has 4 heteroatoms. The Morgan fingerprint density at radius 3 is 2.61 bits per heavy atom. The lowest BCUT2D eigenvalue weighted by atomic mass is 10.1. The lowest BCUT2D eigenvalue weighted by Gasteiger charge is -2.11. The van der Waals surface area contributed by atoms with E-state index in [1.165, 1.54) is 0 Å². The number of hydrogen-bond acceptors (Lipinski definition) is 3. The fourth-order valence-electron chi connectivity index (χ4n) is 2.25. The van der Waals surface area contributed by atoms with Gasteiger partial charge in [0.05, 0.1) is 0 Å². The molecule has 0 heterocycles. The summed E-state index contributed by atoms with van der Waals surface area (Å²) in [6, 6.07) is 15.8. The van der Waals surface area contributed by atoms with Crippen LogP contribution < -0.4 is 15.4 Å². The molecule has 0 radical (unpaired) electrons. The second-order valence-electron chi connectivity index (χ2n) is 5.51. The van der Waals surface area contributed by atoms with Gasteiger partial charge in [0.15, 0.2) is 0 Å². The highest BCUT2D eigenvalue weighted by Crippen LogP contribution is 2.22. The van der Waals surface area contributed by atoms with Gasteiger partial charge in [-0.2, -0.15) is 0 Å². The van der Waals surface area contributed by atoms with E-state index in [1.807, 2.05) is 62.5 Å². The van der Waals surface area contributed by atoms with E-state index in [0.717, 1.165) is 35.5 Å². The molecule has 0 bridgehead atoms. The number of anilines is 1. The van der Waals surface area contributed by atoms with Gasteiger partial charge in [0, 0.05) is 12.1 Å². The quantitative estimate of drug-likeness (QED) is 0.733. The van der Waals surface area contributed by atoms with E-state index in [2.05, 4.69) is 10.6 Å². The van der Waals surface area contributed by atoms with Crippen molar-refractivity contribution in [1.82, 2.24) is 5.32 Å². The van der Waals surface area contributed by atoms with Crippen LogP contribution >= 0.6 is 0 Å². The highest BCUT2D eigenvalue weighted by atomic mass is 16.5. The summed E-state index contributed by atoms with van der Waals surface area (Å²) in [6.45, 7) is 3.35. The molecule has 1 amide bonds. The van der Waals surface area contributed by atoms with Crippen LogP contribution in [0.5, 0.6) is 5.75 Å². The van der Waals surface area contributed by atoms with Gasteiger partial charge in [-0.25, -0.2) is 0 Å². The first kappa shape index (κ1) is 17.0. The van der Waals surface area contributed by atoms with Crippen LogP contribution in [0, 0.1) is 6.92 Å². The lowest BCUT2D eigenvalue weighted by Crippen LogP contribution is -2.15. The van der Waals surface area contributed by atoms with Crippen molar-refractivity contribution in [3.8, 4) is 5.75 Å². The van der Waals surface area contributed by atoms with Gasteiger partial charge in [-0.15, -0.1) is 0 Å². The highest BCUT2D eigenvalue weighted by molar-refractivity contribution is 5.91. The molecular formula is C19H24N2O2. The Morgan fingerprint density at radius 2 is 1.91 bits per heavy atom. The molecule has 4 nitrogen and oxygen atoms in total. The average Bonchev–Trinajstić information content (AvgIpc) is 2.56. The summed E-state index contributed by atoms with van der Waals surface area (Å²) >= 11 is 0. The molecule has 0 aliphatic carbocycles. The largest absolute Gasteiger partial charge is 0.489 e. The van der Waals surface area contributed by atoms with Crippen molar-refractivity contribution >= 4 is 11.6 Å². The number of carbonyl (C=O) groups is 1. The monoisotopic (exact) mass is 312 g/mol. The van der Waals surface area contributed by atoms with E-state index >= 15 is 0 Å². The van der Waals surface area contributed by atoms with Gasteiger partial charge in [0.1, 0.15) is 12.4 Å². The fourth-order valence-corrected chi connectivity index (χ4v) is 2.25. The first-order chi connectivity index (χ1) is 11.2. The molecule has 23 heavy (non-hydrogen) atoms. The zero-order valence-corrected chi connectivity index (χ0v) is 13.8. The Bertz CT molecular complexity index is 627. The van der Waals surface area contributed by atoms with Gasteiger partial charge in [0.2, 0.25) is 5.91 Å². The topological polar surface area (TPSA) is 50.4 Å². The van der Waals surface area contributed by atoms with Crippen LogP contribution in [0.4, 0.5) is 5.69 Å². The van der Waals surface area contributed by atoms with Crippen LogP contribution in [0.3, 0.4) is 0 Å². The third-order valence-corrected chi connectivity index (χ3v) is 3.55. The molecule has 2 N–H and O–H groups in total. The van der Waals surface area contributed by atoms with Gasteiger partial charge in [-0.3, -0.25) is 4.79 Å². The molecule has 0 aromatic heterocycles. The molecule has 0 unspecified atom stereocenters. The third kappa shape index (κ3) is 5.75. The molecular weight excluding hydrogens is 288 g/mol. The minimum atomic E-state index is 0.0429. The maximum absolute atomic E-state index is 11.9. The Balaban J connectivity index is 1.88. The summed E-state index contributed by atoms with van der Waals surface area (Å²) in [4.78, 5) is 11.9. The summed E-state index contributed by atoms with van der Waals surface area (Å²) in [5.74, 6) is 0.848. The van der Waals surface area contributed by atoms with E-state index in [1.54, 1.807) is 0 Å². The van der Waals surface area contributed by atoms with E-state index in [9.17, 15) is 4.79 Å². The van der Waals surface area contributed by atoms with Crippen LogP contribution in [0.15, 0.2) is 48.5 Å². The Hall–Kier alpha value is -2.33. The zero-order chi connectivity index (χ0) is 16.5. The summed E-state index contributed by atoms with van der Waals surface area (Å²) in [5, 5.41) is 5.98. The maximum Gasteiger partial charge on any atom is 0.224 e. The number of rotatable bonds is 8. The van der Waals surface area contributed by atoms with Crippen molar-refractivity contribution in [1.29, 1.82) is 0 Å². The van der Waals surface area contributed by atoms with Crippen molar-refractivity contribution in [2.24, 2.45) is 0 Å². The van der Waals surface area contributed by atoms with Crippen LogP contribution in [-0.2, 0) is 11.4 Å². The van der Waals surface area contributed by atoms with Crippen LogP contribution in [0.25, 0.3) is 0 Å². The number of ether oxygens (including phenoxy) is 1. The van der Waals surface area contributed by atoms with E-state index in [4.69, 9.17) is 4.74 Å². The predicted molar refractivity (Wildman–Crippen MR) is 93.7 cm³/mol. The standard InChI is InChI=1S/C19H24N2O2/c1-15-13-17(23-14-16-7-4-3-5-8-16)10-11-18(15)21-19(22)9-6-12-20-2/h3-5,7-8,10-11,13,20H,6,9,12,14H2,1-2H3,(H,21,22). The average molecular weight is 312 g/mol. The SMILES string of the molecule is CNCCCC(=O)Nc1ccc(OCc2ccccc2)cc1C. The number of amides is 1. The molecule has 0 saturated carbocycles. The summed E-state index contributed by atoms with van der Waals surface area (Å²) in [7, 11) is 1.89. The molecule has 0 aliphatic rings. The first-order valence-corrected chi connectivity index (χ1v) is 7.91. The number of carbonyl (C=O) groups excluding carboxylic acids is 1. The van der Waals surface area contributed by atoms with Gasteiger partial charge in [0.25, 0.3) is 0 Å². The van der Waals surface area contributed by atoms with E-state index < -0.39 is 0 Å². The molecule has 122 valence electrons. The number of nitrogens with one attached hydrogen (secondary N) is 2. The predicted octanol–water partition coefficient (Wildman–Crippen LogP) is 3.51. The second-order valence-corrected chi connectivity index (χ2v) is 5.51. The normalized spacial score (nSPS) is 10.3. The van der Waals surface area contributed by atoms with Gasteiger partial charge >= 0.3 is 0 Å². The Labute approximate surface area is 137 Å². The molecule has 0 fully saturated rings. The van der Waals surface area contributed by atoms with Crippen molar-refractivity contribution < 1.29 is 9.53 Å². The third-order valence-electron chi connectivity index (χ3n) is 3.55. The first-order valence-electron chi connectivity index (χ1n) is 7.91. The summed E-state index contributed by atoms with van der Waals surface area (Å²) in [6.07, 6.45) is 1.35. The molecule has 0 aliphatic heterocycles. The number of benzene rings is 2. The van der Waals surface area contributed by atoms with Crippen molar-refractivity contribution in [2.75, 3.05) is 18.9 Å². The molecule has 0 saturated heterocycles.